The summed E-state index contributed by atoms with van der Waals surface area (Å²) in [6.45, 7) is 4.39. The fourth-order valence-corrected chi connectivity index (χ4v) is 5.27. The third kappa shape index (κ3) is 4.35. The molecule has 3 aromatic rings. The summed E-state index contributed by atoms with van der Waals surface area (Å²) in [4.78, 5) is 4.47. The molecular weight excluding hydrogens is 408 g/mol. The largest absolute Gasteiger partial charge is 0.494 e. The Labute approximate surface area is 167 Å². The Morgan fingerprint density at radius 2 is 1.93 bits per heavy atom. The van der Waals surface area contributed by atoms with Gasteiger partial charge in [0.15, 0.2) is 0 Å². The average Bonchev–Trinajstić information content (AvgIpc) is 3.22. The van der Waals surface area contributed by atoms with Crippen molar-refractivity contribution in [2.24, 2.45) is 0 Å². The predicted molar refractivity (Wildman–Crippen MR) is 106 cm³/mol. The molecule has 0 aliphatic heterocycles. The van der Waals surface area contributed by atoms with Crippen LogP contribution in [0.15, 0.2) is 45.0 Å². The molecule has 0 bridgehead atoms. The molecule has 6 nitrogen and oxygen atoms in total. The molecule has 2 heterocycles. The van der Waals surface area contributed by atoms with Gasteiger partial charge in [-0.25, -0.2) is 13.4 Å². The van der Waals surface area contributed by atoms with Gasteiger partial charge in [-0.05, 0) is 50.2 Å². The average molecular weight is 427 g/mol. The number of rotatable bonds is 7. The lowest BCUT2D eigenvalue weighted by Gasteiger charge is -2.14. The number of aromatic nitrogens is 1. The second kappa shape index (κ2) is 8.02. The van der Waals surface area contributed by atoms with Gasteiger partial charge in [0.25, 0.3) is 10.0 Å². The number of benzene rings is 1. The van der Waals surface area contributed by atoms with Crippen molar-refractivity contribution < 1.29 is 17.6 Å². The molecule has 0 N–H and O–H groups in total. The molecule has 0 amide bonds. The molecule has 0 saturated heterocycles. The van der Waals surface area contributed by atoms with Gasteiger partial charge in [-0.2, -0.15) is 4.31 Å². The number of halogens is 1. The molecule has 0 spiro atoms. The number of ether oxygens (including phenoxy) is 1. The second-order valence-electron chi connectivity index (χ2n) is 5.80. The molecule has 9 heteroatoms. The molecule has 0 saturated carbocycles. The monoisotopic (exact) mass is 426 g/mol. The summed E-state index contributed by atoms with van der Waals surface area (Å²) in [5.74, 6) is 1.78. The van der Waals surface area contributed by atoms with Crippen LogP contribution in [0.5, 0.6) is 5.75 Å². The van der Waals surface area contributed by atoms with Gasteiger partial charge < -0.3 is 9.15 Å². The first-order valence-corrected chi connectivity index (χ1v) is 10.9. The van der Waals surface area contributed by atoms with E-state index in [1.54, 1.807) is 13.0 Å². The summed E-state index contributed by atoms with van der Waals surface area (Å²) in [7, 11) is -2.12. The maximum Gasteiger partial charge on any atom is 0.252 e. The van der Waals surface area contributed by atoms with Crippen LogP contribution in [-0.4, -0.2) is 31.4 Å². The Hall–Kier alpha value is -1.87. The quantitative estimate of drug-likeness (QED) is 0.552. The lowest BCUT2D eigenvalue weighted by atomic mass is 10.2. The van der Waals surface area contributed by atoms with E-state index in [-0.39, 0.29) is 10.8 Å². The minimum Gasteiger partial charge on any atom is -0.494 e. The van der Waals surface area contributed by atoms with E-state index >= 15 is 0 Å². The van der Waals surface area contributed by atoms with Crippen LogP contribution >= 0.6 is 22.9 Å². The summed E-state index contributed by atoms with van der Waals surface area (Å²) < 4.78 is 38.3. The number of hydrogen-bond donors (Lipinski definition) is 0. The number of hydrogen-bond acceptors (Lipinski definition) is 6. The van der Waals surface area contributed by atoms with Crippen LogP contribution in [-0.2, 0) is 16.6 Å². The Balaban J connectivity index is 1.80. The molecule has 0 fully saturated rings. The lowest BCUT2D eigenvalue weighted by molar-refractivity contribution is 0.340. The Kier molecular flexibility index (Phi) is 5.90. The van der Waals surface area contributed by atoms with Gasteiger partial charge in [0.05, 0.1) is 23.2 Å². The Morgan fingerprint density at radius 3 is 2.52 bits per heavy atom. The van der Waals surface area contributed by atoms with E-state index < -0.39 is 10.0 Å². The van der Waals surface area contributed by atoms with Gasteiger partial charge >= 0.3 is 0 Å². The van der Waals surface area contributed by atoms with Crippen LogP contribution < -0.4 is 4.74 Å². The van der Waals surface area contributed by atoms with Crippen LogP contribution in [0.4, 0.5) is 0 Å². The smallest absolute Gasteiger partial charge is 0.252 e. The lowest BCUT2D eigenvalue weighted by Crippen LogP contribution is -2.26. The zero-order valence-electron chi connectivity index (χ0n) is 15.1. The minimum atomic E-state index is -3.63. The Bertz CT molecular complexity index is 1030. The third-order valence-electron chi connectivity index (χ3n) is 3.89. The van der Waals surface area contributed by atoms with E-state index in [1.165, 1.54) is 17.4 Å². The molecule has 0 unspecified atom stereocenters. The molecule has 3 rings (SSSR count). The van der Waals surface area contributed by atoms with Crippen LogP contribution in [0.1, 0.15) is 18.4 Å². The summed E-state index contributed by atoms with van der Waals surface area (Å²) in [5.41, 5.74) is 1.36. The minimum absolute atomic E-state index is 0.101. The van der Waals surface area contributed by atoms with Crippen molar-refractivity contribution in [1.82, 2.24) is 9.29 Å². The highest BCUT2D eigenvalue weighted by Crippen LogP contribution is 2.29. The number of aryl methyl sites for hydroxylation is 1. The first-order valence-electron chi connectivity index (χ1n) is 8.22. The summed E-state index contributed by atoms with van der Waals surface area (Å²) in [5, 5.41) is 0. The van der Waals surface area contributed by atoms with Gasteiger partial charge in [0, 0.05) is 12.6 Å². The fourth-order valence-electron chi connectivity index (χ4n) is 2.44. The van der Waals surface area contributed by atoms with E-state index in [1.807, 2.05) is 31.2 Å². The molecular formula is C18H19ClN2O4S2. The third-order valence-corrected chi connectivity index (χ3v) is 7.39. The Morgan fingerprint density at radius 1 is 1.22 bits per heavy atom. The van der Waals surface area contributed by atoms with Crippen LogP contribution in [0.3, 0.4) is 0 Å². The predicted octanol–water partition coefficient (Wildman–Crippen LogP) is 4.58. The highest BCUT2D eigenvalue weighted by atomic mass is 35.5. The molecule has 0 aliphatic carbocycles. The molecule has 0 aliphatic rings. The number of nitrogens with zero attached hydrogens (tertiary/aromatic N) is 2. The van der Waals surface area contributed by atoms with Crippen molar-refractivity contribution in [3.05, 3.63) is 52.2 Å². The summed E-state index contributed by atoms with van der Waals surface area (Å²) in [6, 6.07) is 10.5. The number of oxazole rings is 1. The van der Waals surface area contributed by atoms with E-state index in [4.69, 9.17) is 20.8 Å². The van der Waals surface area contributed by atoms with Gasteiger partial charge in [0.2, 0.25) is 5.89 Å². The summed E-state index contributed by atoms with van der Waals surface area (Å²) in [6.07, 6.45) is 0. The maximum atomic E-state index is 12.6. The second-order valence-corrected chi connectivity index (χ2v) is 9.79. The standard InChI is InChI=1S/C18H19ClN2O4S2/c1-4-24-14-7-5-13(6-8-14)18-20-15(12(2)25-18)11-21(3)27(22,23)17-10-9-16(19)26-17/h5-10H,4,11H2,1-3H3. The van der Waals surface area contributed by atoms with E-state index in [9.17, 15) is 8.42 Å². The number of sulfonamides is 1. The van der Waals surface area contributed by atoms with E-state index in [0.717, 1.165) is 22.6 Å². The van der Waals surface area contributed by atoms with Crippen LogP contribution in [0, 0.1) is 6.92 Å². The van der Waals surface area contributed by atoms with E-state index in [0.29, 0.717) is 28.3 Å². The van der Waals surface area contributed by atoms with Crippen molar-refractivity contribution in [2.75, 3.05) is 13.7 Å². The van der Waals surface area contributed by atoms with Gasteiger partial charge in [-0.1, -0.05) is 11.6 Å². The highest BCUT2D eigenvalue weighted by molar-refractivity contribution is 7.91. The summed E-state index contributed by atoms with van der Waals surface area (Å²) >= 11 is 6.88. The molecule has 0 radical (unpaired) electrons. The normalized spacial score (nSPS) is 11.9. The zero-order chi connectivity index (χ0) is 19.6. The first kappa shape index (κ1) is 19.9. The van der Waals surface area contributed by atoms with Crippen LogP contribution in [0.25, 0.3) is 11.5 Å². The van der Waals surface area contributed by atoms with Gasteiger partial charge in [0.1, 0.15) is 15.7 Å². The molecule has 27 heavy (non-hydrogen) atoms. The maximum absolute atomic E-state index is 12.6. The van der Waals surface area contributed by atoms with Gasteiger partial charge in [-0.3, -0.25) is 0 Å². The van der Waals surface area contributed by atoms with Crippen molar-refractivity contribution in [3.63, 3.8) is 0 Å². The SMILES string of the molecule is CCOc1ccc(-c2nc(CN(C)S(=O)(=O)c3ccc(Cl)s3)c(C)o2)cc1. The highest BCUT2D eigenvalue weighted by Gasteiger charge is 2.25. The van der Waals surface area contributed by atoms with E-state index in [2.05, 4.69) is 4.98 Å². The van der Waals surface area contributed by atoms with Crippen molar-refractivity contribution in [1.29, 1.82) is 0 Å². The van der Waals surface area contributed by atoms with Crippen molar-refractivity contribution >= 4 is 33.0 Å². The van der Waals surface area contributed by atoms with Crippen molar-refractivity contribution in [2.45, 2.75) is 24.6 Å². The molecule has 144 valence electrons. The number of thiophene rings is 1. The first-order chi connectivity index (χ1) is 12.8. The molecule has 1 aromatic carbocycles. The zero-order valence-corrected chi connectivity index (χ0v) is 17.5. The van der Waals surface area contributed by atoms with Crippen molar-refractivity contribution in [3.8, 4) is 17.2 Å². The fraction of sp³-hybridized carbons (Fsp3) is 0.278. The van der Waals surface area contributed by atoms with Crippen LogP contribution in [0.2, 0.25) is 4.34 Å². The van der Waals surface area contributed by atoms with Gasteiger partial charge in [-0.15, -0.1) is 11.3 Å². The molecule has 2 aromatic heterocycles. The topological polar surface area (TPSA) is 72.6 Å². The molecule has 0 atom stereocenters.